The zero-order valence-corrected chi connectivity index (χ0v) is 20.6. The Morgan fingerprint density at radius 1 is 1.09 bits per heavy atom. The number of carbonyl (C=O) groups is 2. The molecular weight excluding hydrogens is 491 g/mol. The zero-order chi connectivity index (χ0) is 24.6. The molecule has 0 aliphatic heterocycles. The monoisotopic (exact) mass is 512 g/mol. The number of aromatic nitrogens is 1. The van der Waals surface area contributed by atoms with Crippen molar-refractivity contribution in [2.75, 3.05) is 11.3 Å². The number of esters is 2. The Morgan fingerprint density at radius 3 is 2.30 bits per heavy atom. The van der Waals surface area contributed by atoms with Gasteiger partial charge in [-0.3, -0.25) is 4.72 Å². The summed E-state index contributed by atoms with van der Waals surface area (Å²) in [5.74, 6) is -1.61. The van der Waals surface area contributed by atoms with Gasteiger partial charge in [0.05, 0.1) is 38.3 Å². The van der Waals surface area contributed by atoms with Crippen LogP contribution in [0.15, 0.2) is 41.3 Å². The quantitative estimate of drug-likeness (QED) is 0.426. The number of benzene rings is 2. The molecule has 3 aromatic rings. The number of sulfonamides is 1. The minimum absolute atomic E-state index is 0.0316. The van der Waals surface area contributed by atoms with Gasteiger partial charge < -0.3 is 14.5 Å². The van der Waals surface area contributed by atoms with Crippen LogP contribution in [-0.2, 0) is 19.5 Å². The third-order valence-electron chi connectivity index (χ3n) is 4.35. The Balaban J connectivity index is 2.26. The van der Waals surface area contributed by atoms with Gasteiger partial charge >= 0.3 is 11.9 Å². The van der Waals surface area contributed by atoms with Crippen molar-refractivity contribution in [1.82, 2.24) is 4.98 Å². The highest BCUT2D eigenvalue weighted by Gasteiger charge is 2.30. The molecule has 1 heterocycles. The van der Waals surface area contributed by atoms with Crippen molar-refractivity contribution in [2.24, 2.45) is 0 Å². The van der Waals surface area contributed by atoms with Gasteiger partial charge in [-0.05, 0) is 45.9 Å². The van der Waals surface area contributed by atoms with Crippen molar-refractivity contribution in [3.8, 4) is 0 Å². The highest BCUT2D eigenvalue weighted by Crippen LogP contribution is 2.41. The minimum Gasteiger partial charge on any atom is -0.461 e. The lowest BCUT2D eigenvalue weighted by molar-refractivity contribution is 0.00698. The summed E-state index contributed by atoms with van der Waals surface area (Å²) in [4.78, 5) is 28.1. The summed E-state index contributed by atoms with van der Waals surface area (Å²) in [5.41, 5.74) is -1.11. The molecule has 2 N–H and O–H groups in total. The predicted molar refractivity (Wildman–Crippen MR) is 127 cm³/mol. The number of ether oxygens (including phenoxy) is 2. The highest BCUT2D eigenvalue weighted by atomic mass is 35.5. The molecule has 176 valence electrons. The Labute approximate surface area is 201 Å². The lowest BCUT2D eigenvalue weighted by Gasteiger charge is -2.20. The number of hydrogen-bond acceptors (Lipinski definition) is 6. The van der Waals surface area contributed by atoms with E-state index in [-0.39, 0.29) is 49.4 Å². The van der Waals surface area contributed by atoms with E-state index in [0.29, 0.717) is 0 Å². The maximum Gasteiger partial charge on any atom is 0.356 e. The van der Waals surface area contributed by atoms with Crippen LogP contribution in [0.2, 0.25) is 10.0 Å². The molecule has 0 saturated heterocycles. The number of carbonyl (C=O) groups excluding carboxylic acids is 2. The molecule has 0 aliphatic rings. The van der Waals surface area contributed by atoms with E-state index in [1.54, 1.807) is 45.9 Å². The molecule has 0 bridgehead atoms. The number of anilines is 1. The average Bonchev–Trinajstić information content (AvgIpc) is 3.05. The van der Waals surface area contributed by atoms with Gasteiger partial charge in [-0.2, -0.15) is 0 Å². The Morgan fingerprint density at radius 2 is 1.73 bits per heavy atom. The minimum atomic E-state index is -4.12. The van der Waals surface area contributed by atoms with Crippen LogP contribution < -0.4 is 4.72 Å². The van der Waals surface area contributed by atoms with Crippen molar-refractivity contribution >= 4 is 61.8 Å². The van der Waals surface area contributed by atoms with Gasteiger partial charge in [-0.15, -0.1) is 0 Å². The largest absolute Gasteiger partial charge is 0.461 e. The summed E-state index contributed by atoms with van der Waals surface area (Å²) >= 11 is 12.9. The van der Waals surface area contributed by atoms with E-state index >= 15 is 0 Å². The molecule has 3 rings (SSSR count). The molecule has 2 aromatic carbocycles. The smallest absolute Gasteiger partial charge is 0.356 e. The number of hydrogen-bond donors (Lipinski definition) is 2. The van der Waals surface area contributed by atoms with Crippen LogP contribution >= 0.6 is 23.2 Å². The maximum atomic E-state index is 13.0. The molecule has 33 heavy (non-hydrogen) atoms. The second-order valence-electron chi connectivity index (χ2n) is 7.99. The first-order valence-electron chi connectivity index (χ1n) is 9.87. The van der Waals surface area contributed by atoms with Gasteiger partial charge in [0.1, 0.15) is 5.60 Å². The number of nitrogens with one attached hydrogen (secondary N) is 2. The van der Waals surface area contributed by atoms with Gasteiger partial charge in [0.15, 0.2) is 5.69 Å². The molecule has 0 atom stereocenters. The van der Waals surface area contributed by atoms with E-state index in [2.05, 4.69) is 9.71 Å². The van der Waals surface area contributed by atoms with E-state index in [0.717, 1.165) is 0 Å². The lowest BCUT2D eigenvalue weighted by Crippen LogP contribution is -2.24. The summed E-state index contributed by atoms with van der Waals surface area (Å²) < 4.78 is 38.9. The van der Waals surface area contributed by atoms with Crippen LogP contribution in [0, 0.1) is 0 Å². The van der Waals surface area contributed by atoms with E-state index in [9.17, 15) is 18.0 Å². The van der Waals surface area contributed by atoms with Gasteiger partial charge in [-0.1, -0.05) is 41.4 Å². The molecule has 0 fully saturated rings. The van der Waals surface area contributed by atoms with Crippen LogP contribution in [0.5, 0.6) is 0 Å². The van der Waals surface area contributed by atoms with Crippen molar-refractivity contribution in [3.63, 3.8) is 0 Å². The molecule has 0 aliphatic carbocycles. The molecule has 0 radical (unpaired) electrons. The molecule has 11 heteroatoms. The van der Waals surface area contributed by atoms with Gasteiger partial charge in [-0.25, -0.2) is 18.0 Å². The average molecular weight is 513 g/mol. The lowest BCUT2D eigenvalue weighted by atomic mass is 10.1. The van der Waals surface area contributed by atoms with Gasteiger partial charge in [0.25, 0.3) is 10.0 Å². The summed E-state index contributed by atoms with van der Waals surface area (Å²) in [7, 11) is -4.12. The first kappa shape index (κ1) is 24.9. The van der Waals surface area contributed by atoms with Crippen LogP contribution in [0.4, 0.5) is 5.69 Å². The molecule has 0 saturated carbocycles. The molecule has 0 amide bonds. The van der Waals surface area contributed by atoms with Gasteiger partial charge in [0, 0.05) is 5.39 Å². The van der Waals surface area contributed by atoms with Crippen molar-refractivity contribution < 1.29 is 27.5 Å². The summed E-state index contributed by atoms with van der Waals surface area (Å²) in [6.45, 7) is 6.70. The summed E-state index contributed by atoms with van der Waals surface area (Å²) in [5, 5.41) is -0.135. The van der Waals surface area contributed by atoms with Gasteiger partial charge in [0.2, 0.25) is 0 Å². The molecule has 0 unspecified atom stereocenters. The van der Waals surface area contributed by atoms with E-state index in [4.69, 9.17) is 32.7 Å². The fraction of sp³-hybridized carbons (Fsp3) is 0.273. The molecular formula is C22H22Cl2N2O6S. The Bertz CT molecular complexity index is 1330. The second kappa shape index (κ2) is 9.24. The SMILES string of the molecule is CCOC(=O)c1[nH]c2cc(Cl)c(C(=O)OC(C)(C)C)c(Cl)c2c1NS(=O)(=O)c1ccccc1. The summed E-state index contributed by atoms with van der Waals surface area (Å²) in [6.07, 6.45) is 0. The molecule has 1 aromatic heterocycles. The summed E-state index contributed by atoms with van der Waals surface area (Å²) in [6, 6.07) is 8.94. The predicted octanol–water partition coefficient (Wildman–Crippen LogP) is 5.41. The van der Waals surface area contributed by atoms with Crippen LogP contribution in [0.1, 0.15) is 48.5 Å². The number of fused-ring (bicyclic) bond motifs is 1. The topological polar surface area (TPSA) is 115 Å². The number of rotatable bonds is 6. The molecule has 8 nitrogen and oxygen atoms in total. The Hall–Kier alpha value is -2.75. The number of H-pyrrole nitrogens is 1. The Kier molecular flexibility index (Phi) is 6.97. The van der Waals surface area contributed by atoms with Crippen LogP contribution in [0.25, 0.3) is 10.9 Å². The fourth-order valence-electron chi connectivity index (χ4n) is 3.05. The fourth-order valence-corrected chi connectivity index (χ4v) is 4.86. The third-order valence-corrected chi connectivity index (χ3v) is 6.39. The standard InChI is InChI=1S/C22H22Cl2N2O6S/c1-5-31-21(28)19-18(26-33(29,30)12-9-7-6-8-10-12)16-14(25-19)11-13(23)15(17(16)24)20(27)32-22(2,3)4/h6-11,25-26H,5H2,1-4H3. The van der Waals surface area contributed by atoms with Crippen molar-refractivity contribution in [1.29, 1.82) is 0 Å². The first-order chi connectivity index (χ1) is 15.4. The van der Waals surface area contributed by atoms with E-state index in [1.165, 1.54) is 18.2 Å². The third kappa shape index (κ3) is 5.26. The second-order valence-corrected chi connectivity index (χ2v) is 10.5. The zero-order valence-electron chi connectivity index (χ0n) is 18.3. The molecule has 0 spiro atoms. The van der Waals surface area contributed by atoms with Crippen molar-refractivity contribution in [2.45, 2.75) is 38.2 Å². The first-order valence-corrected chi connectivity index (χ1v) is 12.1. The van der Waals surface area contributed by atoms with Crippen LogP contribution in [0.3, 0.4) is 0 Å². The van der Waals surface area contributed by atoms with E-state index in [1.807, 2.05) is 0 Å². The normalized spacial score (nSPS) is 11.9. The number of halogens is 2. The van der Waals surface area contributed by atoms with E-state index < -0.39 is 27.6 Å². The van der Waals surface area contributed by atoms with Crippen molar-refractivity contribution in [3.05, 3.63) is 57.7 Å². The number of aromatic amines is 1. The van der Waals surface area contributed by atoms with Crippen LogP contribution in [-0.4, -0.2) is 37.5 Å². The highest BCUT2D eigenvalue weighted by molar-refractivity contribution is 7.92. The maximum absolute atomic E-state index is 13.0.